The number of hydrogen-bond acceptors (Lipinski definition) is 7. The lowest BCUT2D eigenvalue weighted by molar-refractivity contribution is 0.379. The summed E-state index contributed by atoms with van der Waals surface area (Å²) < 4.78 is 24.9. The fraction of sp³-hybridized carbons (Fsp3) is 0.435. The summed E-state index contributed by atoms with van der Waals surface area (Å²) in [7, 11) is -3.29. The van der Waals surface area contributed by atoms with Gasteiger partial charge in [-0.15, -0.1) is 0 Å². The number of piperidine rings is 1. The molecule has 2 fully saturated rings. The normalized spacial score (nSPS) is 20.5. The summed E-state index contributed by atoms with van der Waals surface area (Å²) >= 11 is 0. The van der Waals surface area contributed by atoms with Gasteiger partial charge in [0.15, 0.2) is 9.84 Å². The van der Waals surface area contributed by atoms with Crippen LogP contribution in [0.5, 0.6) is 5.88 Å². The number of sulfone groups is 1. The molecule has 0 saturated carbocycles. The molecule has 1 aromatic heterocycles. The van der Waals surface area contributed by atoms with Crippen molar-refractivity contribution in [3.05, 3.63) is 51.3 Å². The van der Waals surface area contributed by atoms with E-state index in [2.05, 4.69) is 9.89 Å². The molecule has 2 aliphatic heterocycles. The highest BCUT2D eigenvalue weighted by atomic mass is 32.2. The van der Waals surface area contributed by atoms with Crippen LogP contribution in [0.25, 0.3) is 0 Å². The second-order valence-electron chi connectivity index (χ2n) is 8.38. The Kier molecular flexibility index (Phi) is 6.07. The molecule has 2 aromatic rings. The van der Waals surface area contributed by atoms with Gasteiger partial charge in [-0.3, -0.25) is 14.4 Å². The van der Waals surface area contributed by atoms with Crippen LogP contribution in [0.1, 0.15) is 48.4 Å². The van der Waals surface area contributed by atoms with Crippen molar-refractivity contribution in [2.75, 3.05) is 29.5 Å². The van der Waals surface area contributed by atoms with Gasteiger partial charge >= 0.3 is 0 Å². The number of nitrogens with zero attached hydrogens (tertiary/aromatic N) is 4. The number of anilines is 1. The molecule has 1 N–H and O–H groups in total. The van der Waals surface area contributed by atoms with Crippen molar-refractivity contribution in [3.63, 3.8) is 0 Å². The summed E-state index contributed by atoms with van der Waals surface area (Å²) in [5.74, 6) is -0.637. The van der Waals surface area contributed by atoms with Crippen LogP contribution in [0.15, 0.2) is 34.1 Å². The van der Waals surface area contributed by atoms with Crippen molar-refractivity contribution >= 4 is 27.4 Å². The lowest BCUT2D eigenvalue weighted by Gasteiger charge is -2.29. The van der Waals surface area contributed by atoms with Gasteiger partial charge < -0.3 is 10.0 Å². The van der Waals surface area contributed by atoms with Crippen molar-refractivity contribution in [2.45, 2.75) is 38.6 Å². The van der Waals surface area contributed by atoms with Gasteiger partial charge in [0, 0.05) is 19.3 Å². The third kappa shape index (κ3) is 4.15. The molecule has 0 unspecified atom stereocenters. The molecule has 4 rings (SSSR count). The zero-order chi connectivity index (χ0) is 22.9. The zero-order valence-corrected chi connectivity index (χ0v) is 18.8. The fourth-order valence-corrected chi connectivity index (χ4v) is 6.22. The van der Waals surface area contributed by atoms with Gasteiger partial charge in [-0.05, 0) is 50.3 Å². The minimum atomic E-state index is -3.29. The first-order valence-electron chi connectivity index (χ1n) is 10.8. The Morgan fingerprint density at radius 3 is 2.59 bits per heavy atom. The van der Waals surface area contributed by atoms with Crippen molar-refractivity contribution in [1.82, 2.24) is 4.57 Å². The number of aromatic hydroxyl groups is 1. The highest BCUT2D eigenvalue weighted by Crippen LogP contribution is 2.32. The van der Waals surface area contributed by atoms with Crippen molar-refractivity contribution in [3.8, 4) is 11.9 Å². The van der Waals surface area contributed by atoms with Gasteiger partial charge in [0.1, 0.15) is 11.6 Å². The van der Waals surface area contributed by atoms with E-state index >= 15 is 0 Å². The molecule has 1 atom stereocenters. The Labute approximate surface area is 187 Å². The van der Waals surface area contributed by atoms with Gasteiger partial charge in [0.05, 0.1) is 34.5 Å². The van der Waals surface area contributed by atoms with E-state index in [1.54, 1.807) is 6.92 Å². The van der Waals surface area contributed by atoms with Crippen LogP contribution in [0.3, 0.4) is 0 Å². The van der Waals surface area contributed by atoms with E-state index in [-0.39, 0.29) is 34.9 Å². The van der Waals surface area contributed by atoms with Crippen LogP contribution in [0.4, 0.5) is 11.4 Å². The average molecular weight is 455 g/mol. The molecular formula is C23H26N4O4S. The van der Waals surface area contributed by atoms with Gasteiger partial charge in [0.2, 0.25) is 5.88 Å². The second-order valence-corrected chi connectivity index (χ2v) is 10.6. The van der Waals surface area contributed by atoms with Crippen LogP contribution in [-0.2, 0) is 9.84 Å². The summed E-state index contributed by atoms with van der Waals surface area (Å²) in [5, 5.41) is 20.5. The number of benzene rings is 1. The number of aromatic nitrogens is 1. The highest BCUT2D eigenvalue weighted by molar-refractivity contribution is 7.91. The summed E-state index contributed by atoms with van der Waals surface area (Å²) in [6.07, 6.45) is 5.15. The summed E-state index contributed by atoms with van der Waals surface area (Å²) in [6.45, 7) is 3.50. The molecule has 9 heteroatoms. The topological polar surface area (TPSA) is 116 Å². The average Bonchev–Trinajstić information content (AvgIpc) is 3.14. The third-order valence-corrected chi connectivity index (χ3v) is 8.03. The first kappa shape index (κ1) is 22.1. The lowest BCUT2D eigenvalue weighted by Crippen LogP contribution is -2.29. The van der Waals surface area contributed by atoms with E-state index in [0.29, 0.717) is 5.56 Å². The second kappa shape index (κ2) is 8.79. The third-order valence-electron chi connectivity index (χ3n) is 6.28. The lowest BCUT2D eigenvalue weighted by atomic mass is 10.0. The molecule has 3 heterocycles. The number of hydrogen-bond donors (Lipinski definition) is 1. The predicted octanol–water partition coefficient (Wildman–Crippen LogP) is 2.83. The Bertz CT molecular complexity index is 1270. The molecule has 32 heavy (non-hydrogen) atoms. The van der Waals surface area contributed by atoms with Crippen molar-refractivity contribution in [1.29, 1.82) is 5.26 Å². The standard InChI is InChI=1S/C23H26N4O4S/c1-16-18(13-24)22(28)27(17-9-12-32(30,31)15-17)23(29)19(16)14-25-20-7-3-4-8-21(20)26-10-5-2-6-11-26/h3-4,7-8,14,17,29H,2,5-6,9-12,15H2,1H3/t17-/m0/s1. The number of nitriles is 1. The maximum absolute atomic E-state index is 12.9. The van der Waals surface area contributed by atoms with E-state index in [4.69, 9.17) is 0 Å². The molecule has 2 saturated heterocycles. The minimum Gasteiger partial charge on any atom is -0.494 e. The van der Waals surface area contributed by atoms with Gasteiger partial charge in [-0.1, -0.05) is 12.1 Å². The fourth-order valence-electron chi connectivity index (χ4n) is 4.52. The molecule has 168 valence electrons. The Balaban J connectivity index is 1.78. The monoisotopic (exact) mass is 454 g/mol. The Hall–Kier alpha value is -3.12. The maximum Gasteiger partial charge on any atom is 0.271 e. The number of pyridine rings is 1. The van der Waals surface area contributed by atoms with E-state index in [1.807, 2.05) is 30.3 Å². The van der Waals surface area contributed by atoms with Crippen molar-refractivity contribution in [2.24, 2.45) is 4.99 Å². The highest BCUT2D eigenvalue weighted by Gasteiger charge is 2.33. The molecular weight excluding hydrogens is 428 g/mol. The van der Waals surface area contributed by atoms with Crippen LogP contribution >= 0.6 is 0 Å². The quantitative estimate of drug-likeness (QED) is 0.710. The predicted molar refractivity (Wildman–Crippen MR) is 124 cm³/mol. The molecule has 0 aliphatic carbocycles. The van der Waals surface area contributed by atoms with Crippen LogP contribution in [0.2, 0.25) is 0 Å². The first-order chi connectivity index (χ1) is 15.3. The number of aliphatic imine (C=N–C) groups is 1. The Morgan fingerprint density at radius 1 is 1.22 bits per heavy atom. The first-order valence-corrected chi connectivity index (χ1v) is 12.6. The maximum atomic E-state index is 12.9. The minimum absolute atomic E-state index is 0.0497. The molecule has 8 nitrogen and oxygen atoms in total. The van der Waals surface area contributed by atoms with E-state index in [9.17, 15) is 23.6 Å². The molecule has 0 radical (unpaired) electrons. The van der Waals surface area contributed by atoms with Crippen LogP contribution < -0.4 is 10.5 Å². The summed E-state index contributed by atoms with van der Waals surface area (Å²) in [4.78, 5) is 19.8. The van der Waals surface area contributed by atoms with E-state index in [1.165, 1.54) is 12.6 Å². The molecule has 1 aromatic carbocycles. The largest absolute Gasteiger partial charge is 0.494 e. The summed E-state index contributed by atoms with van der Waals surface area (Å²) in [5.41, 5.74) is 1.52. The molecule has 0 amide bonds. The van der Waals surface area contributed by atoms with Gasteiger partial charge in [-0.25, -0.2) is 8.42 Å². The van der Waals surface area contributed by atoms with Crippen LogP contribution in [0, 0.1) is 18.3 Å². The summed E-state index contributed by atoms with van der Waals surface area (Å²) in [6, 6.07) is 8.95. The van der Waals surface area contributed by atoms with Gasteiger partial charge in [-0.2, -0.15) is 5.26 Å². The van der Waals surface area contributed by atoms with Gasteiger partial charge in [0.25, 0.3) is 5.56 Å². The smallest absolute Gasteiger partial charge is 0.271 e. The molecule has 0 spiro atoms. The zero-order valence-electron chi connectivity index (χ0n) is 18.0. The molecule has 0 bridgehead atoms. The molecule has 2 aliphatic rings. The number of para-hydroxylation sites is 2. The van der Waals surface area contributed by atoms with E-state index < -0.39 is 21.4 Å². The van der Waals surface area contributed by atoms with E-state index in [0.717, 1.165) is 41.9 Å². The SMILES string of the molecule is Cc1c(C=Nc2ccccc2N2CCCCC2)c(O)n([C@H]2CCS(=O)(=O)C2)c(=O)c1C#N. The van der Waals surface area contributed by atoms with Crippen LogP contribution in [-0.4, -0.2) is 48.9 Å². The Morgan fingerprint density at radius 2 is 1.94 bits per heavy atom. The van der Waals surface area contributed by atoms with Crippen molar-refractivity contribution < 1.29 is 13.5 Å². The number of rotatable bonds is 4.